The van der Waals surface area contributed by atoms with Gasteiger partial charge in [0, 0.05) is 24.3 Å². The van der Waals surface area contributed by atoms with Crippen molar-refractivity contribution >= 4 is 17.6 Å². The first-order valence-corrected chi connectivity index (χ1v) is 11.3. The third-order valence-corrected chi connectivity index (χ3v) is 5.82. The highest BCUT2D eigenvalue weighted by Crippen LogP contribution is 2.22. The van der Waals surface area contributed by atoms with Gasteiger partial charge in [0.25, 0.3) is 0 Å². The summed E-state index contributed by atoms with van der Waals surface area (Å²) in [6.07, 6.45) is 8.06. The fraction of sp³-hybridized carbons (Fsp3) is 0.308. The predicted octanol–water partition coefficient (Wildman–Crippen LogP) is 4.37. The summed E-state index contributed by atoms with van der Waals surface area (Å²) in [5, 5.41) is 2.82. The Labute approximate surface area is 198 Å². The Balaban J connectivity index is 1.18. The van der Waals surface area contributed by atoms with E-state index in [4.69, 9.17) is 15.2 Å². The number of allylic oxidation sites excluding steroid dienone is 1. The van der Waals surface area contributed by atoms with Gasteiger partial charge in [0.1, 0.15) is 18.2 Å². The second-order valence-corrected chi connectivity index (χ2v) is 8.36. The monoisotopic (exact) mass is 465 g/mol. The van der Waals surface area contributed by atoms with Crippen LogP contribution in [0.5, 0.6) is 0 Å². The van der Waals surface area contributed by atoms with Gasteiger partial charge in [-0.3, -0.25) is 4.79 Å². The molecule has 0 radical (unpaired) electrons. The number of anilines is 1. The maximum absolute atomic E-state index is 13.3. The largest absolute Gasteiger partial charge is 0.489 e. The summed E-state index contributed by atoms with van der Waals surface area (Å²) >= 11 is 0. The van der Waals surface area contributed by atoms with Gasteiger partial charge in [-0.05, 0) is 67.3 Å². The van der Waals surface area contributed by atoms with E-state index in [1.807, 2.05) is 24.3 Å². The third kappa shape index (κ3) is 6.45. The summed E-state index contributed by atoms with van der Waals surface area (Å²) in [4.78, 5) is 25.6. The van der Waals surface area contributed by atoms with E-state index < -0.39 is 5.91 Å². The molecule has 0 bridgehead atoms. The number of carbonyl (C=O) groups excluding carboxylic acids is 2. The van der Waals surface area contributed by atoms with Crippen LogP contribution in [-0.2, 0) is 16.1 Å². The molecule has 2 aromatic rings. The quantitative estimate of drug-likeness (QED) is 0.635. The maximum Gasteiger partial charge on any atom is 0.321 e. The van der Waals surface area contributed by atoms with E-state index in [-0.39, 0.29) is 24.1 Å². The minimum atomic E-state index is -0.536. The molecular weight excluding hydrogens is 437 g/mol. The first kappa shape index (κ1) is 23.5. The van der Waals surface area contributed by atoms with Crippen LogP contribution in [0.1, 0.15) is 35.2 Å². The minimum absolute atomic E-state index is 0.0385. The minimum Gasteiger partial charge on any atom is -0.489 e. The average Bonchev–Trinajstić information content (AvgIpc) is 2.84. The molecule has 1 unspecified atom stereocenters. The molecule has 0 spiro atoms. The molecule has 3 amide bonds. The van der Waals surface area contributed by atoms with Crippen molar-refractivity contribution in [1.82, 2.24) is 4.90 Å². The Kier molecular flexibility index (Phi) is 7.59. The van der Waals surface area contributed by atoms with E-state index in [9.17, 15) is 14.0 Å². The number of halogens is 1. The number of piperidine rings is 1. The van der Waals surface area contributed by atoms with Gasteiger partial charge in [0.05, 0.1) is 12.2 Å². The van der Waals surface area contributed by atoms with Crippen LogP contribution in [0.25, 0.3) is 0 Å². The number of ether oxygens (including phenoxy) is 2. The Hall–Kier alpha value is -3.65. The summed E-state index contributed by atoms with van der Waals surface area (Å²) in [6, 6.07) is 12.7. The van der Waals surface area contributed by atoms with E-state index in [0.717, 1.165) is 24.2 Å². The molecule has 7 nitrogen and oxygen atoms in total. The topological polar surface area (TPSA) is 93.9 Å². The zero-order chi connectivity index (χ0) is 23.9. The fourth-order valence-corrected chi connectivity index (χ4v) is 3.98. The molecular formula is C26H28FN3O4. The number of carbonyl (C=O) groups is 2. The molecule has 4 rings (SSSR count). The van der Waals surface area contributed by atoms with E-state index in [2.05, 4.69) is 5.32 Å². The summed E-state index contributed by atoms with van der Waals surface area (Å²) < 4.78 is 25.2. The van der Waals surface area contributed by atoms with Crippen LogP contribution in [0.4, 0.5) is 14.9 Å². The number of rotatable bonds is 7. The number of nitrogens with one attached hydrogen (secondary N) is 1. The van der Waals surface area contributed by atoms with E-state index in [0.29, 0.717) is 37.4 Å². The molecule has 1 fully saturated rings. The molecule has 1 aliphatic heterocycles. The van der Waals surface area contributed by atoms with Crippen LogP contribution in [0.15, 0.2) is 72.5 Å². The van der Waals surface area contributed by atoms with E-state index in [1.165, 1.54) is 12.1 Å². The lowest BCUT2D eigenvalue weighted by molar-refractivity contribution is -0.0159. The number of hydrogen-bond acceptors (Lipinski definition) is 4. The van der Waals surface area contributed by atoms with Gasteiger partial charge in [-0.1, -0.05) is 24.3 Å². The molecule has 0 saturated carbocycles. The lowest BCUT2D eigenvalue weighted by Crippen LogP contribution is -2.43. The average molecular weight is 466 g/mol. The maximum atomic E-state index is 13.3. The van der Waals surface area contributed by atoms with E-state index in [1.54, 1.807) is 35.2 Å². The second kappa shape index (κ2) is 11.0. The highest BCUT2D eigenvalue weighted by atomic mass is 19.1. The number of urea groups is 1. The number of nitrogens with two attached hydrogens (primary N) is 1. The molecule has 2 aromatic carbocycles. The number of benzene rings is 2. The van der Waals surface area contributed by atoms with Crippen molar-refractivity contribution in [3.8, 4) is 0 Å². The molecule has 1 atom stereocenters. The number of nitrogens with zero attached hydrogens (tertiary/aromatic N) is 1. The molecule has 2 aliphatic rings. The zero-order valence-corrected chi connectivity index (χ0v) is 18.8. The van der Waals surface area contributed by atoms with Gasteiger partial charge in [-0.2, -0.15) is 0 Å². The van der Waals surface area contributed by atoms with Crippen molar-refractivity contribution in [3.63, 3.8) is 0 Å². The lowest BCUT2D eigenvalue weighted by Gasteiger charge is -2.33. The van der Waals surface area contributed by atoms with Gasteiger partial charge in [0.2, 0.25) is 5.91 Å². The number of hydrogen-bond donors (Lipinski definition) is 2. The first-order valence-electron chi connectivity index (χ1n) is 11.3. The zero-order valence-electron chi connectivity index (χ0n) is 18.8. The van der Waals surface area contributed by atoms with Crippen molar-refractivity contribution in [3.05, 3.63) is 89.5 Å². The van der Waals surface area contributed by atoms with Crippen LogP contribution in [0.3, 0.4) is 0 Å². The molecule has 34 heavy (non-hydrogen) atoms. The molecule has 1 heterocycles. The number of likely N-dealkylation sites (tertiary alicyclic amines) is 1. The smallest absolute Gasteiger partial charge is 0.321 e. The normalized spacial score (nSPS) is 18.3. The van der Waals surface area contributed by atoms with Gasteiger partial charge >= 0.3 is 6.03 Å². The van der Waals surface area contributed by atoms with Gasteiger partial charge in [-0.15, -0.1) is 0 Å². The molecule has 178 valence electrons. The van der Waals surface area contributed by atoms with E-state index >= 15 is 0 Å². The van der Waals surface area contributed by atoms with Crippen molar-refractivity contribution < 1.29 is 23.5 Å². The van der Waals surface area contributed by atoms with Crippen LogP contribution in [-0.4, -0.2) is 42.1 Å². The number of amides is 3. The standard InChI is InChI=1S/C26H28FN3O4/c27-20-5-1-3-18(15-20)17-33-22-7-9-23(10-8-22)34-24-11-13-30(14-12-24)26(32)29-21-6-2-4-19(16-21)25(28)31/h1-9,15-16,23-24H,10-14,17H2,(H2,28,31)(H,29,32). The molecule has 0 aromatic heterocycles. The Morgan fingerprint density at radius 1 is 1.12 bits per heavy atom. The molecule has 1 saturated heterocycles. The lowest BCUT2D eigenvalue weighted by atomic mass is 10.1. The summed E-state index contributed by atoms with van der Waals surface area (Å²) in [7, 11) is 0. The van der Waals surface area contributed by atoms with Crippen LogP contribution < -0.4 is 11.1 Å². The highest BCUT2D eigenvalue weighted by molar-refractivity contribution is 5.95. The summed E-state index contributed by atoms with van der Waals surface area (Å²) in [5.41, 5.74) is 6.96. The predicted molar refractivity (Wildman–Crippen MR) is 126 cm³/mol. The van der Waals surface area contributed by atoms with Crippen LogP contribution in [0, 0.1) is 5.82 Å². The Morgan fingerprint density at radius 3 is 2.62 bits per heavy atom. The summed E-state index contributed by atoms with van der Waals surface area (Å²) in [5.74, 6) is -0.0644. The van der Waals surface area contributed by atoms with Crippen molar-refractivity contribution in [2.24, 2.45) is 5.73 Å². The van der Waals surface area contributed by atoms with Crippen LogP contribution in [0.2, 0.25) is 0 Å². The van der Waals surface area contributed by atoms with Gasteiger partial charge in [-0.25, -0.2) is 9.18 Å². The third-order valence-electron chi connectivity index (χ3n) is 5.82. The Bertz CT molecular complexity index is 1090. The number of primary amides is 1. The first-order chi connectivity index (χ1) is 16.5. The summed E-state index contributed by atoms with van der Waals surface area (Å²) in [6.45, 7) is 1.48. The van der Waals surface area contributed by atoms with Gasteiger partial charge in [0.15, 0.2) is 0 Å². The fourth-order valence-electron chi connectivity index (χ4n) is 3.98. The van der Waals surface area contributed by atoms with Crippen molar-refractivity contribution in [2.75, 3.05) is 18.4 Å². The molecule has 1 aliphatic carbocycles. The second-order valence-electron chi connectivity index (χ2n) is 8.36. The van der Waals surface area contributed by atoms with Crippen molar-refractivity contribution in [2.45, 2.75) is 38.1 Å². The van der Waals surface area contributed by atoms with Gasteiger partial charge < -0.3 is 25.4 Å². The SMILES string of the molecule is NC(=O)c1cccc(NC(=O)N2CCC(OC3C=CC(OCc4cccc(F)c4)=CC3)CC2)c1. The molecule has 8 heteroatoms. The van der Waals surface area contributed by atoms with Crippen LogP contribution >= 0.6 is 0 Å². The Morgan fingerprint density at radius 2 is 1.91 bits per heavy atom. The molecule has 3 N–H and O–H groups in total. The highest BCUT2D eigenvalue weighted by Gasteiger charge is 2.25. The van der Waals surface area contributed by atoms with Crippen molar-refractivity contribution in [1.29, 1.82) is 0 Å².